The summed E-state index contributed by atoms with van der Waals surface area (Å²) in [7, 11) is -0.778. The average molecular weight is 248 g/mol. The first-order valence-electron chi connectivity index (χ1n) is 5.10. The van der Waals surface area contributed by atoms with Crippen LogP contribution in [-0.2, 0) is 18.4 Å². The Bertz CT molecular complexity index is 231. The molecule has 0 aliphatic carbocycles. The Labute approximate surface area is 97.3 Å². The number of aliphatic hydroxyl groups is 1. The molecule has 0 fully saturated rings. The molecule has 0 aromatic rings. The van der Waals surface area contributed by atoms with Gasteiger partial charge in [-0.15, -0.1) is 0 Å². The van der Waals surface area contributed by atoms with Gasteiger partial charge in [0.15, 0.2) is 6.79 Å². The molecule has 2 unspecified atom stereocenters. The van der Waals surface area contributed by atoms with Gasteiger partial charge in [0, 0.05) is 13.2 Å². The fraction of sp³-hybridized carbons (Fsp3) is 0.700. The highest BCUT2D eigenvalue weighted by Gasteiger charge is 2.30. The standard InChI is InChI=1S/C10H20O5Si/c1-5-10(12)14-8-15-16(4,13-3)7-6-9(2)11/h5,9,11H,1,6-8H2,2-4H3. The third kappa shape index (κ3) is 6.73. The van der Waals surface area contributed by atoms with Crippen molar-refractivity contribution in [3.63, 3.8) is 0 Å². The molecule has 94 valence electrons. The predicted octanol–water partition coefficient (Wildman–Crippen LogP) is 1.18. The van der Waals surface area contributed by atoms with Gasteiger partial charge in [0.05, 0.1) is 6.10 Å². The molecule has 0 heterocycles. The molecule has 6 heteroatoms. The lowest BCUT2D eigenvalue weighted by molar-refractivity contribution is -0.145. The molecular weight excluding hydrogens is 228 g/mol. The number of carbonyl (C=O) groups is 1. The second-order valence-electron chi connectivity index (χ2n) is 3.66. The van der Waals surface area contributed by atoms with Crippen molar-refractivity contribution in [1.29, 1.82) is 0 Å². The molecule has 0 amide bonds. The fourth-order valence-corrected chi connectivity index (χ4v) is 2.69. The van der Waals surface area contributed by atoms with Crippen molar-refractivity contribution in [2.24, 2.45) is 0 Å². The number of aliphatic hydroxyl groups excluding tert-OH is 1. The van der Waals surface area contributed by atoms with Crippen LogP contribution in [0.5, 0.6) is 0 Å². The monoisotopic (exact) mass is 248 g/mol. The van der Waals surface area contributed by atoms with Crippen LogP contribution in [-0.4, -0.2) is 39.6 Å². The molecule has 0 radical (unpaired) electrons. The van der Waals surface area contributed by atoms with Gasteiger partial charge in [0.2, 0.25) is 0 Å². The zero-order valence-corrected chi connectivity index (χ0v) is 11.1. The second kappa shape index (κ2) is 7.56. The Hall–Kier alpha value is -0.693. The highest BCUT2D eigenvalue weighted by atomic mass is 28.4. The molecule has 0 spiro atoms. The van der Waals surface area contributed by atoms with Gasteiger partial charge in [-0.2, -0.15) is 0 Å². The van der Waals surface area contributed by atoms with E-state index in [4.69, 9.17) is 13.6 Å². The van der Waals surface area contributed by atoms with E-state index in [9.17, 15) is 9.90 Å². The normalized spacial score (nSPS) is 16.2. The summed E-state index contributed by atoms with van der Waals surface area (Å²) in [5.74, 6) is -0.525. The van der Waals surface area contributed by atoms with Crippen LogP contribution < -0.4 is 0 Å². The number of ether oxygens (including phenoxy) is 1. The van der Waals surface area contributed by atoms with E-state index in [0.717, 1.165) is 6.08 Å². The summed E-state index contributed by atoms with van der Waals surface area (Å²) in [5.41, 5.74) is 0. The van der Waals surface area contributed by atoms with Crippen molar-refractivity contribution >= 4 is 14.5 Å². The number of rotatable bonds is 8. The van der Waals surface area contributed by atoms with E-state index in [1.807, 2.05) is 6.55 Å². The second-order valence-corrected chi connectivity index (χ2v) is 7.12. The lowest BCUT2D eigenvalue weighted by Crippen LogP contribution is -2.39. The predicted molar refractivity (Wildman–Crippen MR) is 62.0 cm³/mol. The Morgan fingerprint density at radius 3 is 2.69 bits per heavy atom. The van der Waals surface area contributed by atoms with Crippen molar-refractivity contribution in [3.05, 3.63) is 12.7 Å². The number of hydrogen-bond acceptors (Lipinski definition) is 5. The van der Waals surface area contributed by atoms with Crippen LogP contribution in [0.1, 0.15) is 13.3 Å². The summed E-state index contributed by atoms with van der Waals surface area (Å²) in [5, 5.41) is 9.18. The van der Waals surface area contributed by atoms with E-state index < -0.39 is 14.5 Å². The molecule has 0 saturated heterocycles. The SMILES string of the molecule is C=CC(=O)OCO[Si](C)(CCC(C)O)OC. The van der Waals surface area contributed by atoms with Gasteiger partial charge in [0.1, 0.15) is 0 Å². The van der Waals surface area contributed by atoms with Crippen molar-refractivity contribution in [3.8, 4) is 0 Å². The van der Waals surface area contributed by atoms with Crippen LogP contribution in [0.4, 0.5) is 0 Å². The first-order chi connectivity index (χ1) is 7.43. The minimum Gasteiger partial charge on any atom is -0.436 e. The third-order valence-corrected chi connectivity index (χ3v) is 4.97. The van der Waals surface area contributed by atoms with E-state index in [0.29, 0.717) is 12.5 Å². The Balaban J connectivity index is 3.96. The molecule has 5 nitrogen and oxygen atoms in total. The Kier molecular flexibility index (Phi) is 7.23. The van der Waals surface area contributed by atoms with E-state index >= 15 is 0 Å². The van der Waals surface area contributed by atoms with Gasteiger partial charge in [-0.25, -0.2) is 4.79 Å². The molecule has 0 aliphatic rings. The molecule has 0 bridgehead atoms. The summed E-state index contributed by atoms with van der Waals surface area (Å²) in [6.07, 6.45) is 1.29. The molecule has 1 N–H and O–H groups in total. The minimum absolute atomic E-state index is 0.138. The van der Waals surface area contributed by atoms with Crippen LogP contribution in [0.3, 0.4) is 0 Å². The van der Waals surface area contributed by atoms with Crippen molar-refractivity contribution < 1.29 is 23.5 Å². The van der Waals surface area contributed by atoms with E-state index in [1.165, 1.54) is 0 Å². The summed E-state index contributed by atoms with van der Waals surface area (Å²) in [6.45, 7) is 6.70. The minimum atomic E-state index is -2.34. The molecule has 16 heavy (non-hydrogen) atoms. The number of esters is 1. The topological polar surface area (TPSA) is 65.0 Å². The maximum absolute atomic E-state index is 10.8. The summed E-state index contributed by atoms with van der Waals surface area (Å²) in [4.78, 5) is 10.8. The van der Waals surface area contributed by atoms with E-state index in [-0.39, 0.29) is 12.9 Å². The maximum atomic E-state index is 10.8. The fourth-order valence-electron chi connectivity index (χ4n) is 0.975. The summed E-state index contributed by atoms with van der Waals surface area (Å²) in [6, 6.07) is 0.646. The summed E-state index contributed by atoms with van der Waals surface area (Å²) < 4.78 is 15.4. The van der Waals surface area contributed by atoms with E-state index in [2.05, 4.69) is 6.58 Å². The van der Waals surface area contributed by atoms with Gasteiger partial charge in [-0.05, 0) is 25.9 Å². The molecule has 0 rings (SSSR count). The molecule has 0 aromatic heterocycles. The first-order valence-corrected chi connectivity index (χ1v) is 7.62. The number of hydrogen-bond donors (Lipinski definition) is 1. The van der Waals surface area contributed by atoms with E-state index in [1.54, 1.807) is 14.0 Å². The van der Waals surface area contributed by atoms with Crippen LogP contribution in [0.15, 0.2) is 12.7 Å². The third-order valence-electron chi connectivity index (χ3n) is 2.18. The lowest BCUT2D eigenvalue weighted by atomic mass is 10.3. The van der Waals surface area contributed by atoms with Gasteiger partial charge >= 0.3 is 14.5 Å². The van der Waals surface area contributed by atoms with Crippen LogP contribution in [0.2, 0.25) is 12.6 Å². The molecule has 0 saturated carbocycles. The first kappa shape index (κ1) is 15.3. The number of carbonyl (C=O) groups excluding carboxylic acids is 1. The van der Waals surface area contributed by atoms with Gasteiger partial charge in [0.25, 0.3) is 0 Å². The maximum Gasteiger partial charge on any atom is 0.337 e. The molecule has 2 atom stereocenters. The lowest BCUT2D eigenvalue weighted by Gasteiger charge is -2.25. The van der Waals surface area contributed by atoms with Crippen LogP contribution in [0.25, 0.3) is 0 Å². The van der Waals surface area contributed by atoms with Crippen molar-refractivity contribution in [2.75, 3.05) is 13.9 Å². The summed E-state index contributed by atoms with van der Waals surface area (Å²) >= 11 is 0. The average Bonchev–Trinajstić information content (AvgIpc) is 2.26. The van der Waals surface area contributed by atoms with Gasteiger partial charge in [-0.3, -0.25) is 0 Å². The van der Waals surface area contributed by atoms with Crippen LogP contribution >= 0.6 is 0 Å². The van der Waals surface area contributed by atoms with Gasteiger partial charge < -0.3 is 18.7 Å². The molecule has 0 aromatic carbocycles. The van der Waals surface area contributed by atoms with Gasteiger partial charge in [-0.1, -0.05) is 6.58 Å². The molecule has 0 aliphatic heterocycles. The van der Waals surface area contributed by atoms with Crippen LogP contribution in [0, 0.1) is 0 Å². The highest BCUT2D eigenvalue weighted by Crippen LogP contribution is 2.16. The highest BCUT2D eigenvalue weighted by molar-refractivity contribution is 6.65. The quantitative estimate of drug-likeness (QED) is 0.302. The van der Waals surface area contributed by atoms with Crippen molar-refractivity contribution in [1.82, 2.24) is 0 Å². The zero-order chi connectivity index (χ0) is 12.6. The molecular formula is C10H20O5Si. The Morgan fingerprint density at radius 1 is 1.62 bits per heavy atom. The smallest absolute Gasteiger partial charge is 0.337 e. The largest absolute Gasteiger partial charge is 0.436 e. The van der Waals surface area contributed by atoms with Crippen molar-refractivity contribution in [2.45, 2.75) is 32.0 Å². The zero-order valence-electron chi connectivity index (χ0n) is 10.1. The Morgan fingerprint density at radius 2 is 2.25 bits per heavy atom.